The van der Waals surface area contributed by atoms with Crippen LogP contribution in [0.1, 0.15) is 71.1 Å². The van der Waals surface area contributed by atoms with Crippen LogP contribution in [-0.4, -0.2) is 15.0 Å². The summed E-state index contributed by atoms with van der Waals surface area (Å²) in [6.07, 6.45) is 12.3. The smallest absolute Gasteiger partial charge is 0.266 e. The van der Waals surface area contributed by atoms with Gasteiger partial charge in [0.1, 0.15) is 0 Å². The van der Waals surface area contributed by atoms with Gasteiger partial charge in [-0.05, 0) is 18.6 Å². The molecule has 0 heterocycles. The van der Waals surface area contributed by atoms with E-state index in [2.05, 4.69) is 6.92 Å². The van der Waals surface area contributed by atoms with Crippen molar-refractivity contribution in [2.45, 2.75) is 76.0 Å². The van der Waals surface area contributed by atoms with Crippen LogP contribution < -0.4 is 0 Å². The van der Waals surface area contributed by atoms with E-state index in [0.29, 0.717) is 0 Å². The van der Waals surface area contributed by atoms with E-state index in [1.165, 1.54) is 51.4 Å². The molecule has 0 saturated carbocycles. The summed E-state index contributed by atoms with van der Waals surface area (Å²) in [5.41, 5.74) is 0. The number of rotatable bonds is 13. The molecule has 3 nitrogen and oxygen atoms in total. The van der Waals surface area contributed by atoms with Gasteiger partial charge in [-0.1, -0.05) is 82.9 Å². The van der Waals surface area contributed by atoms with Crippen LogP contribution in [0.5, 0.6) is 0 Å². The number of benzene rings is 1. The predicted molar refractivity (Wildman–Crippen MR) is 91.4 cm³/mol. The Balaban J connectivity index is 0.00000484. The third-order valence-corrected chi connectivity index (χ3v) is 5.09. The summed E-state index contributed by atoms with van der Waals surface area (Å²) in [6, 6.07) is 8.33. The minimum Gasteiger partial charge on any atom is -0.266 e. The third kappa shape index (κ3) is 11.0. The van der Waals surface area contributed by atoms with Crippen LogP contribution in [0.15, 0.2) is 35.2 Å². The molecule has 23 heavy (non-hydrogen) atoms. The second-order valence-corrected chi connectivity index (χ2v) is 7.39. The van der Waals surface area contributed by atoms with Gasteiger partial charge in [0.2, 0.25) is 0 Å². The van der Waals surface area contributed by atoms with E-state index in [1.807, 2.05) is 0 Å². The van der Waals surface area contributed by atoms with Crippen molar-refractivity contribution in [2.24, 2.45) is 0 Å². The van der Waals surface area contributed by atoms with E-state index < -0.39 is 10.1 Å². The average molecular weight is 429 g/mol. The quantitative estimate of drug-likeness (QED) is 0.243. The van der Waals surface area contributed by atoms with Crippen molar-refractivity contribution < 1.29 is 32.1 Å². The molecule has 0 aliphatic carbocycles. The molecule has 0 N–H and O–H groups in total. The molecule has 0 spiro atoms. The molecule has 0 aromatic heterocycles. The summed E-state index contributed by atoms with van der Waals surface area (Å²) < 4.78 is 28.8. The molecule has 1 aromatic rings. The SMILES string of the molecule is CCCCCCCCCCCCOS(=O)(=O)c1ccccc1.[Rh]. The monoisotopic (exact) mass is 429 g/mol. The molecule has 0 aliphatic heterocycles. The van der Waals surface area contributed by atoms with E-state index in [4.69, 9.17) is 4.18 Å². The van der Waals surface area contributed by atoms with Crippen molar-refractivity contribution in [2.75, 3.05) is 6.61 Å². The molecule has 0 bridgehead atoms. The van der Waals surface area contributed by atoms with Crippen LogP contribution in [-0.2, 0) is 33.8 Å². The first-order valence-corrected chi connectivity index (χ1v) is 10.0. The maximum Gasteiger partial charge on any atom is 0.296 e. The van der Waals surface area contributed by atoms with Crippen molar-refractivity contribution in [3.8, 4) is 0 Å². The summed E-state index contributed by atoms with van der Waals surface area (Å²) in [6.45, 7) is 2.52. The van der Waals surface area contributed by atoms with E-state index >= 15 is 0 Å². The van der Waals surface area contributed by atoms with Gasteiger partial charge in [0, 0.05) is 19.5 Å². The Bertz CT molecular complexity index is 474. The topological polar surface area (TPSA) is 43.4 Å². The number of hydrogen-bond donors (Lipinski definition) is 0. The number of hydrogen-bond acceptors (Lipinski definition) is 3. The Morgan fingerprint density at radius 3 is 1.78 bits per heavy atom. The minimum atomic E-state index is -3.57. The fourth-order valence-electron chi connectivity index (χ4n) is 2.41. The van der Waals surface area contributed by atoms with Crippen molar-refractivity contribution in [1.29, 1.82) is 0 Å². The molecule has 5 heteroatoms. The maximum atomic E-state index is 11.9. The predicted octanol–water partition coefficient (Wildman–Crippen LogP) is 5.31. The first-order chi connectivity index (χ1) is 10.7. The molecular formula is C18H30O3RhS. The molecule has 1 rings (SSSR count). The standard InChI is InChI=1S/C18H30O3S.Rh/c1-2-3-4-5-6-7-8-9-10-14-17-21-22(19,20)18-15-12-11-13-16-18;/h11-13,15-16H,2-10,14,17H2,1H3;. The van der Waals surface area contributed by atoms with Gasteiger partial charge in [-0.15, -0.1) is 0 Å². The van der Waals surface area contributed by atoms with Gasteiger partial charge in [0.05, 0.1) is 11.5 Å². The van der Waals surface area contributed by atoms with Gasteiger partial charge in [-0.3, -0.25) is 4.18 Å². The Morgan fingerprint density at radius 1 is 0.783 bits per heavy atom. The average Bonchev–Trinajstić information content (AvgIpc) is 2.53. The van der Waals surface area contributed by atoms with Gasteiger partial charge in [-0.2, -0.15) is 8.42 Å². The first kappa shape index (κ1) is 22.8. The van der Waals surface area contributed by atoms with E-state index in [0.717, 1.165) is 12.8 Å². The summed E-state index contributed by atoms with van der Waals surface area (Å²) in [7, 11) is -3.57. The Morgan fingerprint density at radius 2 is 1.26 bits per heavy atom. The van der Waals surface area contributed by atoms with Gasteiger partial charge < -0.3 is 0 Å². The minimum absolute atomic E-state index is 0. The summed E-state index contributed by atoms with van der Waals surface area (Å²) in [5, 5.41) is 0. The fourth-order valence-corrected chi connectivity index (χ4v) is 3.38. The molecule has 0 aliphatic rings. The Hall–Kier alpha value is -0.247. The van der Waals surface area contributed by atoms with Crippen LogP contribution in [0, 0.1) is 0 Å². The molecule has 0 fully saturated rings. The third-order valence-electron chi connectivity index (χ3n) is 3.77. The van der Waals surface area contributed by atoms with E-state index in [9.17, 15) is 8.42 Å². The van der Waals surface area contributed by atoms with E-state index in [-0.39, 0.29) is 31.0 Å². The molecule has 1 radical (unpaired) electrons. The van der Waals surface area contributed by atoms with Crippen LogP contribution in [0.4, 0.5) is 0 Å². The zero-order chi connectivity index (χ0) is 16.1. The summed E-state index contributed by atoms with van der Waals surface area (Å²) in [5.74, 6) is 0. The van der Waals surface area contributed by atoms with Crippen LogP contribution in [0.25, 0.3) is 0 Å². The molecule has 135 valence electrons. The zero-order valence-corrected chi connectivity index (χ0v) is 16.6. The van der Waals surface area contributed by atoms with Crippen LogP contribution in [0.2, 0.25) is 0 Å². The van der Waals surface area contributed by atoms with Gasteiger partial charge in [-0.25, -0.2) is 0 Å². The van der Waals surface area contributed by atoms with Crippen molar-refractivity contribution >= 4 is 10.1 Å². The van der Waals surface area contributed by atoms with Crippen molar-refractivity contribution in [1.82, 2.24) is 0 Å². The molecule has 0 saturated heterocycles. The summed E-state index contributed by atoms with van der Waals surface area (Å²) in [4.78, 5) is 0.238. The van der Waals surface area contributed by atoms with Crippen LogP contribution >= 0.6 is 0 Å². The van der Waals surface area contributed by atoms with Crippen LogP contribution in [0.3, 0.4) is 0 Å². The van der Waals surface area contributed by atoms with Gasteiger partial charge in [0.25, 0.3) is 10.1 Å². The normalized spacial score (nSPS) is 11.2. The second kappa shape index (κ2) is 14.1. The Kier molecular flexibility index (Phi) is 14.0. The summed E-state index contributed by atoms with van der Waals surface area (Å²) >= 11 is 0. The molecule has 0 amide bonds. The largest absolute Gasteiger partial charge is 0.296 e. The van der Waals surface area contributed by atoms with Crippen molar-refractivity contribution in [3.05, 3.63) is 30.3 Å². The molecular weight excluding hydrogens is 399 g/mol. The molecule has 1 aromatic carbocycles. The Labute approximate surface area is 155 Å². The van der Waals surface area contributed by atoms with Gasteiger partial charge >= 0.3 is 0 Å². The zero-order valence-electron chi connectivity index (χ0n) is 14.1. The fraction of sp³-hybridized carbons (Fsp3) is 0.667. The number of unbranched alkanes of at least 4 members (excludes halogenated alkanes) is 9. The van der Waals surface area contributed by atoms with Crippen molar-refractivity contribution in [3.63, 3.8) is 0 Å². The second-order valence-electron chi connectivity index (χ2n) is 5.77. The molecule has 0 unspecified atom stereocenters. The van der Waals surface area contributed by atoms with E-state index in [1.54, 1.807) is 30.3 Å². The molecule has 0 atom stereocenters. The van der Waals surface area contributed by atoms with Gasteiger partial charge in [0.15, 0.2) is 0 Å². The maximum absolute atomic E-state index is 11.9. The first-order valence-electron chi connectivity index (χ1n) is 8.61.